The van der Waals surface area contributed by atoms with Crippen LogP contribution in [0.2, 0.25) is 0 Å². The van der Waals surface area contributed by atoms with Crippen LogP contribution in [0.5, 0.6) is 11.5 Å². The standard InChI is InChI=1S/C25H37NO3/c1-6-7-8-12-20-15-22(27)21(14-13-18(4)11-9-10-17(2)3)24(28)23(20)25(29)26-16-19(26)5/h10,13,15,19,27-28H,6-9,11-12,14,16H2,1-5H3. The highest BCUT2D eigenvalue weighted by Gasteiger charge is 2.37. The molecule has 1 aliphatic heterocycles. The van der Waals surface area contributed by atoms with Gasteiger partial charge in [0.1, 0.15) is 11.5 Å². The van der Waals surface area contributed by atoms with Crippen LogP contribution < -0.4 is 0 Å². The van der Waals surface area contributed by atoms with Crippen LogP contribution in [0.1, 0.15) is 88.2 Å². The molecule has 1 heterocycles. The van der Waals surface area contributed by atoms with Gasteiger partial charge >= 0.3 is 0 Å². The number of carbonyl (C=O) groups excluding carboxylic acids is 1. The van der Waals surface area contributed by atoms with Crippen molar-refractivity contribution in [3.05, 3.63) is 46.1 Å². The van der Waals surface area contributed by atoms with Gasteiger partial charge in [-0.15, -0.1) is 0 Å². The van der Waals surface area contributed by atoms with Gasteiger partial charge in [-0.25, -0.2) is 0 Å². The van der Waals surface area contributed by atoms with Gasteiger partial charge in [-0.2, -0.15) is 0 Å². The Labute approximate surface area is 175 Å². The van der Waals surface area contributed by atoms with Crippen molar-refractivity contribution < 1.29 is 15.0 Å². The predicted molar refractivity (Wildman–Crippen MR) is 120 cm³/mol. The van der Waals surface area contributed by atoms with Crippen LogP contribution >= 0.6 is 0 Å². The summed E-state index contributed by atoms with van der Waals surface area (Å²) in [5.74, 6) is -0.0845. The maximum Gasteiger partial charge on any atom is 0.258 e. The van der Waals surface area contributed by atoms with E-state index in [1.54, 1.807) is 11.0 Å². The number of phenolic OH excluding ortho intramolecular Hbond substituents is 2. The molecule has 0 spiro atoms. The Hall–Kier alpha value is -2.23. The van der Waals surface area contributed by atoms with E-state index in [2.05, 4.69) is 33.8 Å². The molecule has 1 aromatic carbocycles. The third-order valence-corrected chi connectivity index (χ3v) is 5.59. The van der Waals surface area contributed by atoms with Gasteiger partial charge in [-0.3, -0.25) is 4.79 Å². The molecule has 0 bridgehead atoms. The number of hydrogen-bond donors (Lipinski definition) is 2. The number of nitrogens with zero attached hydrogens (tertiary/aromatic N) is 1. The van der Waals surface area contributed by atoms with Crippen LogP contribution in [0.25, 0.3) is 0 Å². The molecule has 1 aromatic rings. The van der Waals surface area contributed by atoms with Crippen LogP contribution in [0.15, 0.2) is 29.4 Å². The molecule has 2 rings (SSSR count). The molecule has 2 N–H and O–H groups in total. The summed E-state index contributed by atoms with van der Waals surface area (Å²) in [6.45, 7) is 11.1. The van der Waals surface area contributed by atoms with Gasteiger partial charge in [0.25, 0.3) is 5.91 Å². The summed E-state index contributed by atoms with van der Waals surface area (Å²) in [6, 6.07) is 1.92. The van der Waals surface area contributed by atoms with Gasteiger partial charge in [0, 0.05) is 18.2 Å². The minimum atomic E-state index is -0.119. The lowest BCUT2D eigenvalue weighted by molar-refractivity contribution is 0.0872. The number of rotatable bonds is 10. The number of aryl methyl sites for hydroxylation is 1. The lowest BCUT2D eigenvalue weighted by Gasteiger charge is -2.16. The van der Waals surface area contributed by atoms with E-state index in [4.69, 9.17) is 0 Å². The van der Waals surface area contributed by atoms with E-state index < -0.39 is 0 Å². The second kappa shape index (κ2) is 10.5. The van der Waals surface area contributed by atoms with Crippen molar-refractivity contribution in [2.45, 2.75) is 85.6 Å². The summed E-state index contributed by atoms with van der Waals surface area (Å²) in [4.78, 5) is 14.7. The second-order valence-corrected chi connectivity index (χ2v) is 8.60. The summed E-state index contributed by atoms with van der Waals surface area (Å²) in [6.07, 6.45) is 10.4. The van der Waals surface area contributed by atoms with Crippen LogP contribution in [0.3, 0.4) is 0 Å². The highest BCUT2D eigenvalue weighted by atomic mass is 16.3. The third kappa shape index (κ3) is 6.38. The summed E-state index contributed by atoms with van der Waals surface area (Å²) < 4.78 is 0. The third-order valence-electron chi connectivity index (χ3n) is 5.59. The first-order valence-corrected chi connectivity index (χ1v) is 10.9. The Morgan fingerprint density at radius 2 is 1.90 bits per heavy atom. The van der Waals surface area contributed by atoms with Crippen molar-refractivity contribution in [1.82, 2.24) is 4.90 Å². The highest BCUT2D eigenvalue weighted by Crippen LogP contribution is 2.37. The fourth-order valence-corrected chi connectivity index (χ4v) is 3.58. The van der Waals surface area contributed by atoms with Crippen LogP contribution in [-0.2, 0) is 12.8 Å². The van der Waals surface area contributed by atoms with E-state index in [1.807, 2.05) is 13.0 Å². The normalized spacial score (nSPS) is 16.1. The van der Waals surface area contributed by atoms with Crippen LogP contribution in [0.4, 0.5) is 0 Å². The Kier molecular flexibility index (Phi) is 8.36. The van der Waals surface area contributed by atoms with Gasteiger partial charge in [0.05, 0.1) is 5.56 Å². The number of phenols is 2. The number of unbranched alkanes of at least 4 members (excludes halogenated alkanes) is 2. The number of hydrogen-bond acceptors (Lipinski definition) is 3. The van der Waals surface area contributed by atoms with E-state index in [-0.39, 0.29) is 23.4 Å². The minimum absolute atomic E-state index is 0.0473. The van der Waals surface area contributed by atoms with Crippen molar-refractivity contribution in [2.24, 2.45) is 0 Å². The molecular weight excluding hydrogens is 362 g/mol. The maximum absolute atomic E-state index is 13.0. The van der Waals surface area contributed by atoms with Gasteiger partial charge in [-0.1, -0.05) is 43.1 Å². The zero-order chi connectivity index (χ0) is 21.6. The Morgan fingerprint density at radius 1 is 1.21 bits per heavy atom. The Morgan fingerprint density at radius 3 is 2.48 bits per heavy atom. The molecule has 1 saturated heterocycles. The lowest BCUT2D eigenvalue weighted by atomic mass is 9.94. The van der Waals surface area contributed by atoms with Gasteiger partial charge < -0.3 is 15.1 Å². The SMILES string of the molecule is CCCCCc1cc(O)c(CC=C(C)CCC=C(C)C)c(O)c1C(=O)N1CC1C. The van der Waals surface area contributed by atoms with E-state index in [0.717, 1.165) is 44.2 Å². The molecule has 29 heavy (non-hydrogen) atoms. The Bertz CT molecular complexity index is 788. The minimum Gasteiger partial charge on any atom is -0.508 e. The quantitative estimate of drug-likeness (QED) is 0.292. The zero-order valence-corrected chi connectivity index (χ0v) is 18.7. The average Bonchev–Trinajstić information content (AvgIpc) is 3.37. The first kappa shape index (κ1) is 23.1. The van der Waals surface area contributed by atoms with Crippen LogP contribution in [-0.4, -0.2) is 33.6 Å². The lowest BCUT2D eigenvalue weighted by Crippen LogP contribution is -2.16. The number of aromatic hydroxyl groups is 2. The smallest absolute Gasteiger partial charge is 0.258 e. The van der Waals surface area contributed by atoms with E-state index in [0.29, 0.717) is 24.0 Å². The molecule has 0 aliphatic carbocycles. The molecule has 0 radical (unpaired) electrons. The molecule has 1 amide bonds. The number of benzene rings is 1. The van der Waals surface area contributed by atoms with E-state index in [1.165, 1.54) is 11.1 Å². The molecular formula is C25H37NO3. The van der Waals surface area contributed by atoms with Crippen molar-refractivity contribution >= 4 is 5.91 Å². The van der Waals surface area contributed by atoms with Crippen molar-refractivity contribution in [3.8, 4) is 11.5 Å². The molecule has 1 aliphatic rings. The number of allylic oxidation sites excluding steroid dienone is 4. The first-order chi connectivity index (χ1) is 13.8. The van der Waals surface area contributed by atoms with Crippen molar-refractivity contribution in [3.63, 3.8) is 0 Å². The molecule has 160 valence electrons. The highest BCUT2D eigenvalue weighted by molar-refractivity contribution is 6.00. The number of amides is 1. The molecule has 0 aromatic heterocycles. The second-order valence-electron chi connectivity index (χ2n) is 8.60. The van der Waals surface area contributed by atoms with E-state index >= 15 is 0 Å². The van der Waals surface area contributed by atoms with Gasteiger partial charge in [-0.05, 0) is 71.4 Å². The Balaban J connectivity index is 2.28. The topological polar surface area (TPSA) is 60.5 Å². The van der Waals surface area contributed by atoms with E-state index in [9.17, 15) is 15.0 Å². The largest absolute Gasteiger partial charge is 0.508 e. The van der Waals surface area contributed by atoms with Crippen LogP contribution in [0, 0.1) is 0 Å². The maximum atomic E-state index is 13.0. The summed E-state index contributed by atoms with van der Waals surface area (Å²) in [5.41, 5.74) is 4.10. The molecule has 0 saturated carbocycles. The molecule has 1 fully saturated rings. The predicted octanol–water partition coefficient (Wildman–Crippen LogP) is 5.91. The first-order valence-electron chi connectivity index (χ1n) is 10.9. The fourth-order valence-electron chi connectivity index (χ4n) is 3.58. The number of carbonyl (C=O) groups is 1. The summed E-state index contributed by atoms with van der Waals surface area (Å²) in [7, 11) is 0. The monoisotopic (exact) mass is 399 g/mol. The fraction of sp³-hybridized carbons (Fsp3) is 0.560. The molecule has 4 nitrogen and oxygen atoms in total. The molecule has 1 atom stereocenters. The summed E-state index contributed by atoms with van der Waals surface area (Å²) >= 11 is 0. The van der Waals surface area contributed by atoms with Crippen molar-refractivity contribution in [1.29, 1.82) is 0 Å². The zero-order valence-electron chi connectivity index (χ0n) is 18.7. The molecule has 1 unspecified atom stereocenters. The van der Waals surface area contributed by atoms with Gasteiger partial charge in [0.15, 0.2) is 0 Å². The van der Waals surface area contributed by atoms with Crippen molar-refractivity contribution in [2.75, 3.05) is 6.54 Å². The summed E-state index contributed by atoms with van der Waals surface area (Å²) in [5, 5.41) is 21.5. The average molecular weight is 400 g/mol. The molecule has 4 heteroatoms. The van der Waals surface area contributed by atoms with Gasteiger partial charge in [0.2, 0.25) is 0 Å².